The van der Waals surface area contributed by atoms with E-state index in [9.17, 15) is 0 Å². The summed E-state index contributed by atoms with van der Waals surface area (Å²) in [6.07, 6.45) is 3.84. The summed E-state index contributed by atoms with van der Waals surface area (Å²) in [6.45, 7) is 8.67. The topological polar surface area (TPSA) is 30.2 Å². The van der Waals surface area contributed by atoms with Gasteiger partial charge in [-0.15, -0.1) is 0 Å². The highest BCUT2D eigenvalue weighted by Crippen LogP contribution is 2.33. The largest absolute Gasteiger partial charge is 0.300 e. The van der Waals surface area contributed by atoms with Crippen LogP contribution in [0.15, 0.2) is 42.7 Å². The van der Waals surface area contributed by atoms with Crippen molar-refractivity contribution in [1.29, 1.82) is 0 Å². The first kappa shape index (κ1) is 12.9. The molecule has 0 amide bonds. The lowest BCUT2D eigenvalue weighted by Crippen LogP contribution is -2.15. The molecular formula is C17H19N3. The van der Waals surface area contributed by atoms with E-state index in [1.165, 1.54) is 5.69 Å². The number of rotatable bonds is 1. The highest BCUT2D eigenvalue weighted by atomic mass is 15.1. The monoisotopic (exact) mass is 265 g/mol. The molecular weight excluding hydrogens is 246 g/mol. The standard InChI is InChI=1S/C17H19N3/c1-12-16-19-14(13-8-6-5-7-9-13)15(17(2,3)4)20(16)11-10-18-12/h5-11H,1-4H3. The van der Waals surface area contributed by atoms with Crippen LogP contribution in [0.2, 0.25) is 0 Å². The van der Waals surface area contributed by atoms with Crippen molar-refractivity contribution in [2.45, 2.75) is 33.1 Å². The van der Waals surface area contributed by atoms with Crippen molar-refractivity contribution in [2.75, 3.05) is 0 Å². The van der Waals surface area contributed by atoms with Gasteiger partial charge in [0.2, 0.25) is 0 Å². The van der Waals surface area contributed by atoms with E-state index >= 15 is 0 Å². The molecule has 0 aliphatic rings. The van der Waals surface area contributed by atoms with Gasteiger partial charge in [0.05, 0.1) is 17.1 Å². The molecule has 0 bridgehead atoms. The van der Waals surface area contributed by atoms with Crippen molar-refractivity contribution in [1.82, 2.24) is 14.4 Å². The number of aromatic nitrogens is 3. The van der Waals surface area contributed by atoms with Crippen LogP contribution >= 0.6 is 0 Å². The second-order valence-electron chi connectivity index (χ2n) is 6.13. The molecule has 3 nitrogen and oxygen atoms in total. The van der Waals surface area contributed by atoms with E-state index in [0.29, 0.717) is 0 Å². The van der Waals surface area contributed by atoms with Gasteiger partial charge in [-0.25, -0.2) is 4.98 Å². The average Bonchev–Trinajstić information content (AvgIpc) is 2.80. The quantitative estimate of drug-likeness (QED) is 0.665. The highest BCUT2D eigenvalue weighted by Gasteiger charge is 2.25. The smallest absolute Gasteiger partial charge is 0.159 e. The molecule has 2 heterocycles. The van der Waals surface area contributed by atoms with E-state index in [1.54, 1.807) is 0 Å². The Hall–Kier alpha value is -2.16. The number of hydrogen-bond donors (Lipinski definition) is 0. The Balaban J connectivity index is 2.40. The molecule has 0 radical (unpaired) electrons. The number of benzene rings is 1. The van der Waals surface area contributed by atoms with Crippen LogP contribution in [0.4, 0.5) is 0 Å². The zero-order chi connectivity index (χ0) is 14.3. The molecule has 0 N–H and O–H groups in total. The number of nitrogens with zero attached hydrogens (tertiary/aromatic N) is 3. The molecule has 0 unspecified atom stereocenters. The molecule has 3 rings (SSSR count). The van der Waals surface area contributed by atoms with Crippen LogP contribution in [-0.2, 0) is 5.41 Å². The third-order valence-electron chi connectivity index (χ3n) is 3.48. The van der Waals surface area contributed by atoms with Gasteiger partial charge in [-0.2, -0.15) is 0 Å². The molecule has 0 saturated heterocycles. The first-order chi connectivity index (χ1) is 9.48. The van der Waals surface area contributed by atoms with Crippen molar-refractivity contribution in [3.05, 3.63) is 54.1 Å². The summed E-state index contributed by atoms with van der Waals surface area (Å²) in [7, 11) is 0. The summed E-state index contributed by atoms with van der Waals surface area (Å²) >= 11 is 0. The SMILES string of the molecule is Cc1nccn2c(C(C)(C)C)c(-c3ccccc3)nc12. The maximum Gasteiger partial charge on any atom is 0.159 e. The summed E-state index contributed by atoms with van der Waals surface area (Å²) in [6, 6.07) is 10.4. The predicted octanol–water partition coefficient (Wildman–Crippen LogP) is 4.00. The highest BCUT2D eigenvalue weighted by molar-refractivity contribution is 5.68. The van der Waals surface area contributed by atoms with Gasteiger partial charge >= 0.3 is 0 Å². The molecule has 2 aromatic heterocycles. The van der Waals surface area contributed by atoms with Gasteiger partial charge in [0.25, 0.3) is 0 Å². The van der Waals surface area contributed by atoms with Crippen LogP contribution in [0.25, 0.3) is 16.9 Å². The first-order valence-electron chi connectivity index (χ1n) is 6.88. The fourth-order valence-electron chi connectivity index (χ4n) is 2.62. The Kier molecular flexibility index (Phi) is 2.85. The lowest BCUT2D eigenvalue weighted by molar-refractivity contribution is 0.565. The molecule has 3 aromatic rings. The summed E-state index contributed by atoms with van der Waals surface area (Å²) in [5.74, 6) is 0. The number of fused-ring (bicyclic) bond motifs is 1. The number of imidazole rings is 1. The van der Waals surface area contributed by atoms with Gasteiger partial charge in [0, 0.05) is 23.4 Å². The Morgan fingerprint density at radius 1 is 1.05 bits per heavy atom. The molecule has 1 aromatic carbocycles. The minimum atomic E-state index is 0.0123. The van der Waals surface area contributed by atoms with E-state index < -0.39 is 0 Å². The van der Waals surface area contributed by atoms with Crippen LogP contribution in [-0.4, -0.2) is 14.4 Å². The Morgan fingerprint density at radius 2 is 1.75 bits per heavy atom. The molecule has 0 spiro atoms. The third kappa shape index (κ3) is 1.99. The van der Waals surface area contributed by atoms with E-state index in [1.807, 2.05) is 25.4 Å². The minimum absolute atomic E-state index is 0.0123. The predicted molar refractivity (Wildman–Crippen MR) is 81.9 cm³/mol. The molecule has 0 atom stereocenters. The zero-order valence-electron chi connectivity index (χ0n) is 12.4. The van der Waals surface area contributed by atoms with Gasteiger partial charge in [-0.3, -0.25) is 9.38 Å². The van der Waals surface area contributed by atoms with E-state index in [-0.39, 0.29) is 5.41 Å². The second kappa shape index (κ2) is 4.44. The third-order valence-corrected chi connectivity index (χ3v) is 3.48. The van der Waals surface area contributed by atoms with Gasteiger partial charge in [-0.1, -0.05) is 51.1 Å². The average molecular weight is 265 g/mol. The van der Waals surface area contributed by atoms with Crippen LogP contribution in [0.1, 0.15) is 32.2 Å². The first-order valence-corrected chi connectivity index (χ1v) is 6.88. The minimum Gasteiger partial charge on any atom is -0.300 e. The van der Waals surface area contributed by atoms with Gasteiger partial charge in [-0.05, 0) is 6.92 Å². The number of aryl methyl sites for hydroxylation is 1. The fraction of sp³-hybridized carbons (Fsp3) is 0.294. The Bertz CT molecular complexity index is 749. The maximum absolute atomic E-state index is 4.85. The normalized spacial score (nSPS) is 12.0. The summed E-state index contributed by atoms with van der Waals surface area (Å²) in [4.78, 5) is 9.20. The van der Waals surface area contributed by atoms with Crippen molar-refractivity contribution < 1.29 is 0 Å². The Morgan fingerprint density at radius 3 is 2.40 bits per heavy atom. The maximum atomic E-state index is 4.85. The fourth-order valence-corrected chi connectivity index (χ4v) is 2.62. The molecule has 0 aliphatic heterocycles. The van der Waals surface area contributed by atoms with E-state index in [2.05, 4.69) is 54.4 Å². The van der Waals surface area contributed by atoms with E-state index in [4.69, 9.17) is 4.98 Å². The molecule has 102 valence electrons. The zero-order valence-corrected chi connectivity index (χ0v) is 12.4. The summed E-state index contributed by atoms with van der Waals surface area (Å²) < 4.78 is 2.17. The summed E-state index contributed by atoms with van der Waals surface area (Å²) in [5, 5.41) is 0. The van der Waals surface area contributed by atoms with Crippen LogP contribution < -0.4 is 0 Å². The molecule has 20 heavy (non-hydrogen) atoms. The molecule has 0 aliphatic carbocycles. The lowest BCUT2D eigenvalue weighted by Gasteiger charge is -2.20. The molecule has 3 heteroatoms. The second-order valence-corrected chi connectivity index (χ2v) is 6.13. The van der Waals surface area contributed by atoms with Crippen molar-refractivity contribution >= 4 is 5.65 Å². The van der Waals surface area contributed by atoms with Gasteiger partial charge < -0.3 is 0 Å². The van der Waals surface area contributed by atoms with E-state index in [0.717, 1.165) is 22.6 Å². The number of hydrogen-bond acceptors (Lipinski definition) is 2. The van der Waals surface area contributed by atoms with Crippen LogP contribution in [0.3, 0.4) is 0 Å². The summed E-state index contributed by atoms with van der Waals surface area (Å²) in [5.41, 5.74) is 5.34. The van der Waals surface area contributed by atoms with Crippen molar-refractivity contribution in [3.63, 3.8) is 0 Å². The van der Waals surface area contributed by atoms with Gasteiger partial charge in [0.1, 0.15) is 0 Å². The molecule has 0 fully saturated rings. The molecule has 0 saturated carbocycles. The van der Waals surface area contributed by atoms with Gasteiger partial charge in [0.15, 0.2) is 5.65 Å². The lowest BCUT2D eigenvalue weighted by atomic mass is 9.89. The van der Waals surface area contributed by atoms with Crippen molar-refractivity contribution in [3.8, 4) is 11.3 Å². The van der Waals surface area contributed by atoms with Crippen LogP contribution in [0, 0.1) is 6.92 Å². The Labute approximate surface area is 119 Å². The van der Waals surface area contributed by atoms with Crippen molar-refractivity contribution in [2.24, 2.45) is 0 Å². The van der Waals surface area contributed by atoms with Crippen LogP contribution in [0.5, 0.6) is 0 Å².